The Bertz CT molecular complexity index is 675. The van der Waals surface area contributed by atoms with Crippen LogP contribution < -0.4 is 5.32 Å². The second-order valence-electron chi connectivity index (χ2n) is 9.25. The molecule has 2 nitrogen and oxygen atoms in total. The summed E-state index contributed by atoms with van der Waals surface area (Å²) in [5, 5.41) is 2.86. The highest BCUT2D eigenvalue weighted by atomic mass is 32.1. The smallest absolute Gasteiger partial charge is 0.220 e. The molecular weight excluding hydrogens is 410 g/mol. The van der Waals surface area contributed by atoms with Gasteiger partial charge in [-0.2, -0.15) is 12.6 Å². The zero-order chi connectivity index (χ0) is 24.2. The van der Waals surface area contributed by atoms with Gasteiger partial charge in [0, 0.05) is 18.7 Å². The zero-order valence-electron chi connectivity index (χ0n) is 21.7. The second kappa shape index (κ2) is 20.1. The molecular formula is C29H49NOS. The van der Waals surface area contributed by atoms with Gasteiger partial charge in [0.15, 0.2) is 0 Å². The lowest BCUT2D eigenvalue weighted by Gasteiger charge is -2.04. The number of allylic oxidation sites excluding steroid dienone is 10. The van der Waals surface area contributed by atoms with Crippen LogP contribution in [0.25, 0.3) is 0 Å². The molecule has 0 radical (unpaired) electrons. The third-order valence-corrected chi connectivity index (χ3v) is 5.71. The van der Waals surface area contributed by atoms with E-state index in [9.17, 15) is 4.79 Å². The summed E-state index contributed by atoms with van der Waals surface area (Å²) in [6.45, 7) is 13.8. The van der Waals surface area contributed by atoms with Gasteiger partial charge >= 0.3 is 0 Å². The maximum atomic E-state index is 11.6. The van der Waals surface area contributed by atoms with Crippen molar-refractivity contribution in [1.82, 2.24) is 5.32 Å². The molecule has 0 heterocycles. The van der Waals surface area contributed by atoms with E-state index in [4.69, 9.17) is 0 Å². The predicted octanol–water partition coefficient (Wildman–Crippen LogP) is 8.68. The first kappa shape index (κ1) is 30.5. The van der Waals surface area contributed by atoms with Crippen LogP contribution in [0.15, 0.2) is 58.2 Å². The molecule has 0 aliphatic rings. The molecule has 1 amide bonds. The van der Waals surface area contributed by atoms with Crippen LogP contribution in [0, 0.1) is 0 Å². The van der Waals surface area contributed by atoms with Gasteiger partial charge in [0.2, 0.25) is 5.91 Å². The van der Waals surface area contributed by atoms with Gasteiger partial charge in [-0.3, -0.25) is 4.79 Å². The van der Waals surface area contributed by atoms with E-state index in [2.05, 4.69) is 89.9 Å². The number of carbonyl (C=O) groups excluding carboxylic acids is 1. The molecule has 0 aromatic rings. The summed E-state index contributed by atoms with van der Waals surface area (Å²) in [4.78, 5) is 11.6. The first-order valence-corrected chi connectivity index (χ1v) is 13.0. The predicted molar refractivity (Wildman–Crippen MR) is 147 cm³/mol. The van der Waals surface area contributed by atoms with Crippen LogP contribution in [0.4, 0.5) is 0 Å². The molecule has 0 unspecified atom stereocenters. The zero-order valence-corrected chi connectivity index (χ0v) is 22.6. The molecule has 1 N–H and O–H groups in total. The number of thiol groups is 1. The molecule has 0 aliphatic heterocycles. The SMILES string of the molecule is CC(C)=CCCC(C)=CCCC(C)=CCCC=C(C)CCC=C(C)CCC(=O)NCCS. The van der Waals surface area contributed by atoms with Crippen LogP contribution in [-0.2, 0) is 4.79 Å². The fourth-order valence-corrected chi connectivity index (χ4v) is 3.45. The molecule has 0 aromatic carbocycles. The Balaban J connectivity index is 4.05. The minimum absolute atomic E-state index is 0.122. The number of carbonyl (C=O) groups is 1. The van der Waals surface area contributed by atoms with Crippen molar-refractivity contribution < 1.29 is 4.79 Å². The Morgan fingerprint density at radius 3 is 1.44 bits per heavy atom. The van der Waals surface area contributed by atoms with E-state index in [1.807, 2.05) is 0 Å². The standard InChI is InChI=1S/C29H49NOS/c1-24(2)12-9-15-27(5)18-10-16-25(3)13-7-8-14-26(4)17-11-19-28(6)20-21-29(31)30-22-23-32/h12-14,18-19,32H,7-11,15-17,20-23H2,1-6H3,(H,30,31). The number of rotatable bonds is 17. The van der Waals surface area contributed by atoms with Gasteiger partial charge in [0.25, 0.3) is 0 Å². The fourth-order valence-electron chi connectivity index (χ4n) is 3.34. The van der Waals surface area contributed by atoms with E-state index in [1.54, 1.807) is 0 Å². The highest BCUT2D eigenvalue weighted by Crippen LogP contribution is 2.14. The molecule has 0 aromatic heterocycles. The summed E-state index contributed by atoms with van der Waals surface area (Å²) >= 11 is 4.11. The van der Waals surface area contributed by atoms with Gasteiger partial charge in [-0.1, -0.05) is 58.2 Å². The number of hydrogen-bond acceptors (Lipinski definition) is 2. The van der Waals surface area contributed by atoms with Crippen molar-refractivity contribution in [3.8, 4) is 0 Å². The van der Waals surface area contributed by atoms with Crippen molar-refractivity contribution in [1.29, 1.82) is 0 Å². The Hall–Kier alpha value is -1.48. The van der Waals surface area contributed by atoms with E-state index in [-0.39, 0.29) is 5.91 Å². The molecule has 0 bridgehead atoms. The van der Waals surface area contributed by atoms with E-state index < -0.39 is 0 Å². The van der Waals surface area contributed by atoms with E-state index >= 15 is 0 Å². The Kier molecular flexibility index (Phi) is 19.2. The summed E-state index contributed by atoms with van der Waals surface area (Å²) < 4.78 is 0. The molecule has 0 saturated carbocycles. The lowest BCUT2D eigenvalue weighted by atomic mass is 10.0. The van der Waals surface area contributed by atoms with Gasteiger partial charge in [-0.15, -0.1) is 0 Å². The molecule has 0 aliphatic carbocycles. The highest BCUT2D eigenvalue weighted by molar-refractivity contribution is 7.80. The molecule has 0 fully saturated rings. The van der Waals surface area contributed by atoms with Crippen LogP contribution in [0.2, 0.25) is 0 Å². The average molecular weight is 460 g/mol. The third kappa shape index (κ3) is 20.4. The van der Waals surface area contributed by atoms with E-state index in [0.717, 1.165) is 44.9 Å². The quantitative estimate of drug-likeness (QED) is 0.127. The van der Waals surface area contributed by atoms with Crippen LogP contribution in [0.1, 0.15) is 106 Å². The van der Waals surface area contributed by atoms with Crippen LogP contribution >= 0.6 is 12.6 Å². The molecule has 0 atom stereocenters. The highest BCUT2D eigenvalue weighted by Gasteiger charge is 2.00. The Morgan fingerprint density at radius 2 is 1.00 bits per heavy atom. The fraction of sp³-hybridized carbons (Fsp3) is 0.621. The largest absolute Gasteiger partial charge is 0.355 e. The summed E-state index contributed by atoms with van der Waals surface area (Å²) in [7, 11) is 0. The van der Waals surface area contributed by atoms with Crippen LogP contribution in [-0.4, -0.2) is 18.2 Å². The molecule has 0 saturated heterocycles. The molecule has 0 rings (SSSR count). The number of amides is 1. The van der Waals surface area contributed by atoms with Crippen molar-refractivity contribution >= 4 is 18.5 Å². The summed E-state index contributed by atoms with van der Waals surface area (Å²) in [5.74, 6) is 0.812. The molecule has 0 spiro atoms. The van der Waals surface area contributed by atoms with Gasteiger partial charge < -0.3 is 5.32 Å². The topological polar surface area (TPSA) is 29.1 Å². The summed E-state index contributed by atoms with van der Waals surface area (Å²) in [5.41, 5.74) is 7.19. The first-order chi connectivity index (χ1) is 15.2. The van der Waals surface area contributed by atoms with Crippen molar-refractivity contribution in [2.75, 3.05) is 12.3 Å². The summed E-state index contributed by atoms with van der Waals surface area (Å²) in [6.07, 6.45) is 22.3. The number of hydrogen-bond donors (Lipinski definition) is 2. The molecule has 3 heteroatoms. The van der Waals surface area contributed by atoms with Gasteiger partial charge in [0.1, 0.15) is 0 Å². The maximum Gasteiger partial charge on any atom is 0.220 e. The van der Waals surface area contributed by atoms with E-state index in [1.165, 1.54) is 40.7 Å². The minimum atomic E-state index is 0.122. The number of unbranched alkanes of at least 4 members (excludes halogenated alkanes) is 1. The Morgan fingerprint density at radius 1 is 0.594 bits per heavy atom. The van der Waals surface area contributed by atoms with Crippen molar-refractivity contribution in [2.45, 2.75) is 106 Å². The Labute approximate surface area is 204 Å². The normalized spacial score (nSPS) is 13.3. The monoisotopic (exact) mass is 459 g/mol. The third-order valence-electron chi connectivity index (χ3n) is 5.49. The average Bonchev–Trinajstić information content (AvgIpc) is 2.73. The van der Waals surface area contributed by atoms with Crippen molar-refractivity contribution in [3.63, 3.8) is 0 Å². The lowest BCUT2D eigenvalue weighted by molar-refractivity contribution is -0.120. The second-order valence-corrected chi connectivity index (χ2v) is 9.70. The van der Waals surface area contributed by atoms with Gasteiger partial charge in [-0.25, -0.2) is 0 Å². The van der Waals surface area contributed by atoms with Crippen molar-refractivity contribution in [3.05, 3.63) is 58.2 Å². The van der Waals surface area contributed by atoms with Crippen LogP contribution in [0.5, 0.6) is 0 Å². The van der Waals surface area contributed by atoms with Gasteiger partial charge in [-0.05, 0) is 99.3 Å². The molecule has 182 valence electrons. The molecule has 32 heavy (non-hydrogen) atoms. The minimum Gasteiger partial charge on any atom is -0.355 e. The lowest BCUT2D eigenvalue weighted by Crippen LogP contribution is -2.24. The van der Waals surface area contributed by atoms with E-state index in [0.29, 0.717) is 18.7 Å². The summed E-state index contributed by atoms with van der Waals surface area (Å²) in [6, 6.07) is 0. The van der Waals surface area contributed by atoms with Crippen molar-refractivity contribution in [2.24, 2.45) is 0 Å². The maximum absolute atomic E-state index is 11.6. The van der Waals surface area contributed by atoms with Gasteiger partial charge in [0.05, 0.1) is 0 Å². The first-order valence-electron chi connectivity index (χ1n) is 12.4. The number of nitrogens with one attached hydrogen (secondary N) is 1. The van der Waals surface area contributed by atoms with Crippen LogP contribution in [0.3, 0.4) is 0 Å².